The van der Waals surface area contributed by atoms with Crippen molar-refractivity contribution in [1.82, 2.24) is 16.0 Å². The Morgan fingerprint density at radius 1 is 1.03 bits per heavy atom. The molecule has 2 aromatic rings. The van der Waals surface area contributed by atoms with E-state index in [1.54, 1.807) is 6.07 Å². The normalized spacial score (nSPS) is 11.4. The van der Waals surface area contributed by atoms with Crippen LogP contribution in [0, 0.1) is 0 Å². The first kappa shape index (κ1) is 25.5. The molecule has 30 heavy (non-hydrogen) atoms. The molecule has 0 saturated heterocycles. The highest BCUT2D eigenvalue weighted by molar-refractivity contribution is 14.0. The van der Waals surface area contributed by atoms with E-state index in [2.05, 4.69) is 20.9 Å². The molecule has 10 heteroatoms. The predicted octanol–water partition coefficient (Wildman–Crippen LogP) is 3.51. The minimum Gasteiger partial charge on any atom is -0.508 e. The van der Waals surface area contributed by atoms with Gasteiger partial charge < -0.3 is 21.1 Å². The molecule has 2 aromatic carbocycles. The molecule has 0 saturated carbocycles. The molecule has 164 valence electrons. The largest absolute Gasteiger partial charge is 0.508 e. The smallest absolute Gasteiger partial charge is 0.416 e. The van der Waals surface area contributed by atoms with Gasteiger partial charge in [0.05, 0.1) is 12.1 Å². The number of nitrogens with one attached hydrogen (secondary N) is 3. The van der Waals surface area contributed by atoms with Gasteiger partial charge in [0, 0.05) is 25.2 Å². The van der Waals surface area contributed by atoms with E-state index in [0.29, 0.717) is 36.7 Å². The molecule has 0 unspecified atom stereocenters. The molecule has 0 aliphatic heterocycles. The summed E-state index contributed by atoms with van der Waals surface area (Å²) in [7, 11) is 0. The molecular weight excluding hydrogens is 512 g/mol. The molecule has 4 N–H and O–H groups in total. The van der Waals surface area contributed by atoms with Crippen molar-refractivity contribution in [1.29, 1.82) is 0 Å². The Kier molecular flexibility index (Phi) is 10.4. The van der Waals surface area contributed by atoms with E-state index < -0.39 is 11.7 Å². The second-order valence-corrected chi connectivity index (χ2v) is 6.12. The Morgan fingerprint density at radius 3 is 2.33 bits per heavy atom. The summed E-state index contributed by atoms with van der Waals surface area (Å²) < 4.78 is 38.4. The molecule has 2 rings (SSSR count). The van der Waals surface area contributed by atoms with E-state index in [0.717, 1.165) is 12.1 Å². The van der Waals surface area contributed by atoms with E-state index in [-0.39, 0.29) is 42.2 Å². The van der Waals surface area contributed by atoms with Crippen LogP contribution in [0.25, 0.3) is 0 Å². The van der Waals surface area contributed by atoms with Gasteiger partial charge in [-0.3, -0.25) is 4.79 Å². The molecule has 1 amide bonds. The van der Waals surface area contributed by atoms with Gasteiger partial charge in [0.15, 0.2) is 5.96 Å². The van der Waals surface area contributed by atoms with Crippen molar-refractivity contribution in [3.05, 3.63) is 65.2 Å². The lowest BCUT2D eigenvalue weighted by molar-refractivity contribution is -0.137. The SMILES string of the molecule is CCNC(=NCc1cccc(C(F)(F)F)c1)NCCNC(=O)c1ccc(O)cc1.I. The summed E-state index contributed by atoms with van der Waals surface area (Å²) >= 11 is 0. The number of phenols is 1. The number of nitrogens with zero attached hydrogens (tertiary/aromatic N) is 1. The molecule has 0 fully saturated rings. The van der Waals surface area contributed by atoms with Gasteiger partial charge >= 0.3 is 6.18 Å². The van der Waals surface area contributed by atoms with Crippen LogP contribution in [0.1, 0.15) is 28.4 Å². The molecule has 0 heterocycles. The second-order valence-electron chi connectivity index (χ2n) is 6.12. The van der Waals surface area contributed by atoms with Crippen molar-refractivity contribution in [3.63, 3.8) is 0 Å². The van der Waals surface area contributed by atoms with Crippen molar-refractivity contribution < 1.29 is 23.1 Å². The van der Waals surface area contributed by atoms with Gasteiger partial charge in [-0.05, 0) is 48.9 Å². The summed E-state index contributed by atoms with van der Waals surface area (Å²) in [6, 6.07) is 10.9. The molecule has 0 aromatic heterocycles. The molecule has 0 aliphatic carbocycles. The molecule has 6 nitrogen and oxygen atoms in total. The predicted molar refractivity (Wildman–Crippen MR) is 120 cm³/mol. The number of aromatic hydroxyl groups is 1. The number of phenolic OH excluding ortho intramolecular Hbond substituents is 1. The first-order chi connectivity index (χ1) is 13.8. The highest BCUT2D eigenvalue weighted by Crippen LogP contribution is 2.29. The van der Waals surface area contributed by atoms with Crippen LogP contribution in [-0.2, 0) is 12.7 Å². The van der Waals surface area contributed by atoms with Crippen molar-refractivity contribution in [3.8, 4) is 5.75 Å². The molecule has 0 atom stereocenters. The lowest BCUT2D eigenvalue weighted by Crippen LogP contribution is -2.41. The number of hydrogen-bond acceptors (Lipinski definition) is 3. The van der Waals surface area contributed by atoms with Crippen LogP contribution in [0.3, 0.4) is 0 Å². The number of carbonyl (C=O) groups is 1. The third kappa shape index (κ3) is 8.47. The number of guanidine groups is 1. The van der Waals surface area contributed by atoms with Gasteiger partial charge in [-0.15, -0.1) is 24.0 Å². The molecular formula is C20H24F3IN4O2. The average molecular weight is 536 g/mol. The number of hydrogen-bond donors (Lipinski definition) is 4. The van der Waals surface area contributed by atoms with E-state index in [9.17, 15) is 23.1 Å². The Labute approximate surface area is 190 Å². The van der Waals surface area contributed by atoms with Crippen LogP contribution in [0.5, 0.6) is 5.75 Å². The summed E-state index contributed by atoms with van der Waals surface area (Å²) in [5.74, 6) is 0.233. The first-order valence-corrected chi connectivity index (χ1v) is 9.05. The molecule has 0 bridgehead atoms. The third-order valence-corrected chi connectivity index (χ3v) is 3.85. The number of alkyl halides is 3. The summed E-state index contributed by atoms with van der Waals surface area (Å²) in [6.07, 6.45) is -4.39. The van der Waals surface area contributed by atoms with E-state index in [1.165, 1.54) is 30.3 Å². The standard InChI is InChI=1S/C20H23F3N4O2.HI/c1-2-24-19(27-13-14-4-3-5-16(12-14)20(21,22)23)26-11-10-25-18(29)15-6-8-17(28)9-7-15;/h3-9,12,28H,2,10-11,13H2,1H3,(H,25,29)(H2,24,26,27);1H. The maximum atomic E-state index is 12.8. The minimum absolute atomic E-state index is 0. The zero-order chi connectivity index (χ0) is 21.3. The number of halogens is 4. The Balaban J connectivity index is 0.00000450. The van der Waals surface area contributed by atoms with Gasteiger partial charge in [0.1, 0.15) is 5.75 Å². The van der Waals surface area contributed by atoms with Crippen LogP contribution < -0.4 is 16.0 Å². The maximum absolute atomic E-state index is 12.8. The van der Waals surface area contributed by atoms with Crippen LogP contribution in [0.2, 0.25) is 0 Å². The lowest BCUT2D eigenvalue weighted by Gasteiger charge is -2.12. The second kappa shape index (κ2) is 12.3. The highest BCUT2D eigenvalue weighted by atomic mass is 127. The first-order valence-electron chi connectivity index (χ1n) is 9.05. The number of benzene rings is 2. The number of amides is 1. The van der Waals surface area contributed by atoms with Crippen molar-refractivity contribution >= 4 is 35.8 Å². The third-order valence-electron chi connectivity index (χ3n) is 3.85. The fraction of sp³-hybridized carbons (Fsp3) is 0.300. The fourth-order valence-corrected chi connectivity index (χ4v) is 2.43. The van der Waals surface area contributed by atoms with Crippen LogP contribution in [0.4, 0.5) is 13.2 Å². The zero-order valence-electron chi connectivity index (χ0n) is 16.3. The van der Waals surface area contributed by atoms with E-state index in [4.69, 9.17) is 0 Å². The van der Waals surface area contributed by atoms with Crippen molar-refractivity contribution in [2.24, 2.45) is 4.99 Å². The number of aliphatic imine (C=N–C) groups is 1. The molecule has 0 radical (unpaired) electrons. The van der Waals surface area contributed by atoms with Crippen LogP contribution in [-0.4, -0.2) is 36.6 Å². The quantitative estimate of drug-likeness (QED) is 0.189. The molecule has 0 spiro atoms. The fourth-order valence-electron chi connectivity index (χ4n) is 2.43. The zero-order valence-corrected chi connectivity index (χ0v) is 18.6. The average Bonchev–Trinajstić information content (AvgIpc) is 2.69. The van der Waals surface area contributed by atoms with Gasteiger partial charge in [-0.25, -0.2) is 4.99 Å². The summed E-state index contributed by atoms with van der Waals surface area (Å²) in [4.78, 5) is 16.3. The van der Waals surface area contributed by atoms with E-state index in [1.807, 2.05) is 6.92 Å². The molecule has 0 aliphatic rings. The number of rotatable bonds is 7. The number of carbonyl (C=O) groups excluding carboxylic acids is 1. The Morgan fingerprint density at radius 2 is 1.70 bits per heavy atom. The van der Waals surface area contributed by atoms with Gasteiger partial charge in [-0.1, -0.05) is 12.1 Å². The van der Waals surface area contributed by atoms with Gasteiger partial charge in [-0.2, -0.15) is 13.2 Å². The summed E-state index contributed by atoms with van der Waals surface area (Å²) in [5, 5.41) is 18.0. The van der Waals surface area contributed by atoms with Crippen molar-refractivity contribution in [2.45, 2.75) is 19.6 Å². The van der Waals surface area contributed by atoms with Crippen LogP contribution in [0.15, 0.2) is 53.5 Å². The highest BCUT2D eigenvalue weighted by Gasteiger charge is 2.30. The van der Waals surface area contributed by atoms with E-state index >= 15 is 0 Å². The van der Waals surface area contributed by atoms with Gasteiger partial charge in [0.2, 0.25) is 0 Å². The monoisotopic (exact) mass is 536 g/mol. The topological polar surface area (TPSA) is 85.8 Å². The van der Waals surface area contributed by atoms with Crippen molar-refractivity contribution in [2.75, 3.05) is 19.6 Å². The lowest BCUT2D eigenvalue weighted by atomic mass is 10.1. The summed E-state index contributed by atoms with van der Waals surface area (Å²) in [5.41, 5.74) is 0.158. The van der Waals surface area contributed by atoms with Crippen LogP contribution >= 0.6 is 24.0 Å². The summed E-state index contributed by atoms with van der Waals surface area (Å²) in [6.45, 7) is 3.22. The Hall–Kier alpha value is -2.50. The maximum Gasteiger partial charge on any atom is 0.416 e. The van der Waals surface area contributed by atoms with Gasteiger partial charge in [0.25, 0.3) is 5.91 Å². The Bertz CT molecular complexity index is 843. The minimum atomic E-state index is -4.39.